The number of nitrogens with zero attached hydrogens (tertiary/aromatic N) is 1. The van der Waals surface area contributed by atoms with E-state index in [0.29, 0.717) is 11.6 Å². The Morgan fingerprint density at radius 2 is 1.85 bits per heavy atom. The van der Waals surface area contributed by atoms with Gasteiger partial charge >= 0.3 is 5.97 Å². The van der Waals surface area contributed by atoms with Crippen LogP contribution in [0, 0.1) is 5.92 Å². The molecule has 0 heterocycles. The summed E-state index contributed by atoms with van der Waals surface area (Å²) < 4.78 is 0. The van der Waals surface area contributed by atoms with Crippen LogP contribution in [0.15, 0.2) is 24.3 Å². The summed E-state index contributed by atoms with van der Waals surface area (Å²) in [6.45, 7) is 3.21. The van der Waals surface area contributed by atoms with E-state index in [1.165, 1.54) is 37.7 Å². The van der Waals surface area contributed by atoms with Crippen molar-refractivity contribution in [3.8, 4) is 0 Å². The summed E-state index contributed by atoms with van der Waals surface area (Å²) in [6.07, 6.45) is 6.84. The molecule has 2 rings (SSSR count). The largest absolute Gasteiger partial charge is 0.478 e. The lowest BCUT2D eigenvalue weighted by Crippen LogP contribution is -2.36. The highest BCUT2D eigenvalue weighted by Crippen LogP contribution is 2.28. The van der Waals surface area contributed by atoms with Gasteiger partial charge in [-0.2, -0.15) is 0 Å². The van der Waals surface area contributed by atoms with Crippen LogP contribution in [-0.2, 0) is 6.54 Å². The minimum Gasteiger partial charge on any atom is -0.478 e. The van der Waals surface area contributed by atoms with Gasteiger partial charge < -0.3 is 5.11 Å². The van der Waals surface area contributed by atoms with Gasteiger partial charge in [-0.3, -0.25) is 4.90 Å². The van der Waals surface area contributed by atoms with Gasteiger partial charge in [0.1, 0.15) is 0 Å². The fourth-order valence-electron chi connectivity index (χ4n) is 3.16. The number of hydrogen-bond acceptors (Lipinski definition) is 2. The summed E-state index contributed by atoms with van der Waals surface area (Å²) in [5.41, 5.74) is 1.54. The van der Waals surface area contributed by atoms with E-state index in [2.05, 4.69) is 18.9 Å². The molecule has 1 aromatic carbocycles. The van der Waals surface area contributed by atoms with E-state index in [1.807, 2.05) is 12.1 Å². The van der Waals surface area contributed by atoms with Crippen molar-refractivity contribution in [2.24, 2.45) is 5.92 Å². The Hall–Kier alpha value is -1.35. The highest BCUT2D eigenvalue weighted by atomic mass is 16.4. The van der Waals surface area contributed by atoms with Crippen molar-refractivity contribution in [3.05, 3.63) is 35.4 Å². The molecule has 1 aromatic rings. The predicted octanol–water partition coefficient (Wildman–Crippen LogP) is 3.79. The molecule has 1 saturated carbocycles. The zero-order valence-corrected chi connectivity index (χ0v) is 12.5. The Kier molecular flexibility index (Phi) is 5.18. The maximum atomic E-state index is 10.8. The topological polar surface area (TPSA) is 40.5 Å². The van der Waals surface area contributed by atoms with Crippen molar-refractivity contribution >= 4 is 5.97 Å². The van der Waals surface area contributed by atoms with E-state index >= 15 is 0 Å². The first-order chi connectivity index (χ1) is 9.58. The third-order valence-corrected chi connectivity index (χ3v) is 4.66. The smallest absolute Gasteiger partial charge is 0.335 e. The normalized spacial score (nSPS) is 18.1. The molecule has 3 heteroatoms. The molecule has 1 atom stereocenters. The summed E-state index contributed by atoms with van der Waals surface area (Å²) >= 11 is 0. The SMILES string of the molecule is CC(C1CCCCC1)N(C)Cc1ccc(C(=O)O)cc1. The minimum atomic E-state index is -0.861. The number of carboxylic acid groups (broad SMARTS) is 1. The molecule has 1 aliphatic carbocycles. The Morgan fingerprint density at radius 3 is 2.40 bits per heavy atom. The lowest BCUT2D eigenvalue weighted by molar-refractivity contribution is 0.0697. The van der Waals surface area contributed by atoms with Crippen LogP contribution in [0.5, 0.6) is 0 Å². The second-order valence-electron chi connectivity index (χ2n) is 6.06. The quantitative estimate of drug-likeness (QED) is 0.889. The van der Waals surface area contributed by atoms with Gasteiger partial charge in [-0.1, -0.05) is 31.4 Å². The zero-order chi connectivity index (χ0) is 14.5. The zero-order valence-electron chi connectivity index (χ0n) is 12.5. The Balaban J connectivity index is 1.92. The predicted molar refractivity (Wildman–Crippen MR) is 80.9 cm³/mol. The van der Waals surface area contributed by atoms with Gasteiger partial charge in [-0.15, -0.1) is 0 Å². The van der Waals surface area contributed by atoms with Crippen LogP contribution in [0.4, 0.5) is 0 Å². The van der Waals surface area contributed by atoms with Crippen molar-refractivity contribution in [1.29, 1.82) is 0 Å². The average Bonchev–Trinajstić information content (AvgIpc) is 2.48. The number of rotatable bonds is 5. The van der Waals surface area contributed by atoms with Crippen LogP contribution in [-0.4, -0.2) is 29.1 Å². The molecular weight excluding hydrogens is 250 g/mol. The second-order valence-corrected chi connectivity index (χ2v) is 6.06. The van der Waals surface area contributed by atoms with Crippen LogP contribution in [0.1, 0.15) is 54.9 Å². The molecule has 20 heavy (non-hydrogen) atoms. The van der Waals surface area contributed by atoms with Gasteiger partial charge in [0.05, 0.1) is 5.56 Å². The number of carbonyl (C=O) groups is 1. The Morgan fingerprint density at radius 1 is 1.25 bits per heavy atom. The molecule has 0 saturated heterocycles. The van der Waals surface area contributed by atoms with Crippen LogP contribution < -0.4 is 0 Å². The van der Waals surface area contributed by atoms with Crippen molar-refractivity contribution < 1.29 is 9.90 Å². The van der Waals surface area contributed by atoms with E-state index in [1.54, 1.807) is 12.1 Å². The van der Waals surface area contributed by atoms with E-state index in [-0.39, 0.29) is 0 Å². The molecule has 3 nitrogen and oxygen atoms in total. The Labute approximate surface area is 121 Å². The maximum Gasteiger partial charge on any atom is 0.335 e. The van der Waals surface area contributed by atoms with Gasteiger partial charge in [-0.05, 0) is 50.4 Å². The minimum absolute atomic E-state index is 0.358. The first-order valence-corrected chi connectivity index (χ1v) is 7.60. The highest BCUT2D eigenvalue weighted by molar-refractivity contribution is 5.87. The van der Waals surface area contributed by atoms with Crippen LogP contribution in [0.3, 0.4) is 0 Å². The number of aromatic carboxylic acids is 1. The standard InChI is InChI=1S/C17H25NO2/c1-13(15-6-4-3-5-7-15)18(2)12-14-8-10-16(11-9-14)17(19)20/h8-11,13,15H,3-7,12H2,1-2H3,(H,19,20). The molecule has 1 N–H and O–H groups in total. The van der Waals surface area contributed by atoms with E-state index in [4.69, 9.17) is 5.11 Å². The second kappa shape index (κ2) is 6.89. The fraction of sp³-hybridized carbons (Fsp3) is 0.588. The van der Waals surface area contributed by atoms with Crippen LogP contribution >= 0.6 is 0 Å². The van der Waals surface area contributed by atoms with Crippen LogP contribution in [0.2, 0.25) is 0 Å². The number of benzene rings is 1. The summed E-state index contributed by atoms with van der Waals surface area (Å²) in [5, 5.41) is 8.91. The summed E-state index contributed by atoms with van der Waals surface area (Å²) in [7, 11) is 2.17. The van der Waals surface area contributed by atoms with Gasteiger partial charge in [0.2, 0.25) is 0 Å². The molecule has 0 radical (unpaired) electrons. The van der Waals surface area contributed by atoms with E-state index in [0.717, 1.165) is 12.5 Å². The summed E-state index contributed by atoms with van der Waals surface area (Å²) in [4.78, 5) is 13.2. The molecule has 0 spiro atoms. The summed E-state index contributed by atoms with van der Waals surface area (Å²) in [5.74, 6) is -0.0486. The molecule has 0 aliphatic heterocycles. The number of hydrogen-bond donors (Lipinski definition) is 1. The first kappa shape index (κ1) is 15.0. The van der Waals surface area contributed by atoms with Gasteiger partial charge in [-0.25, -0.2) is 4.79 Å². The molecular formula is C17H25NO2. The lowest BCUT2D eigenvalue weighted by Gasteiger charge is -2.34. The number of carboxylic acids is 1. The molecule has 1 aliphatic rings. The van der Waals surface area contributed by atoms with Gasteiger partial charge in [0, 0.05) is 12.6 Å². The van der Waals surface area contributed by atoms with E-state index < -0.39 is 5.97 Å². The van der Waals surface area contributed by atoms with E-state index in [9.17, 15) is 4.79 Å². The molecule has 1 unspecified atom stereocenters. The highest BCUT2D eigenvalue weighted by Gasteiger charge is 2.23. The van der Waals surface area contributed by atoms with Crippen LogP contribution in [0.25, 0.3) is 0 Å². The Bertz CT molecular complexity index is 435. The average molecular weight is 275 g/mol. The molecule has 1 fully saturated rings. The lowest BCUT2D eigenvalue weighted by atomic mass is 9.84. The monoisotopic (exact) mass is 275 g/mol. The molecule has 0 bridgehead atoms. The van der Waals surface area contributed by atoms with Gasteiger partial charge in [0.15, 0.2) is 0 Å². The third kappa shape index (κ3) is 3.83. The third-order valence-electron chi connectivity index (χ3n) is 4.66. The molecule has 0 amide bonds. The van der Waals surface area contributed by atoms with Crippen molar-refractivity contribution in [2.45, 2.75) is 51.6 Å². The van der Waals surface area contributed by atoms with Gasteiger partial charge in [0.25, 0.3) is 0 Å². The van der Waals surface area contributed by atoms with Crippen molar-refractivity contribution in [3.63, 3.8) is 0 Å². The summed E-state index contributed by atoms with van der Waals surface area (Å²) in [6, 6.07) is 7.82. The van der Waals surface area contributed by atoms with Crippen molar-refractivity contribution in [1.82, 2.24) is 4.90 Å². The molecule has 110 valence electrons. The first-order valence-electron chi connectivity index (χ1n) is 7.60. The maximum absolute atomic E-state index is 10.8. The van der Waals surface area contributed by atoms with Crippen molar-refractivity contribution in [2.75, 3.05) is 7.05 Å². The molecule has 0 aromatic heterocycles. The fourth-order valence-corrected chi connectivity index (χ4v) is 3.16.